The second-order valence-electron chi connectivity index (χ2n) is 9.99. The number of fused-ring (bicyclic) bond motifs is 2. The van der Waals surface area contributed by atoms with Crippen molar-refractivity contribution in [1.29, 1.82) is 0 Å². The van der Waals surface area contributed by atoms with Crippen LogP contribution in [0.3, 0.4) is 0 Å². The minimum atomic E-state index is 0.390. The molecule has 2 aliphatic heterocycles. The van der Waals surface area contributed by atoms with Gasteiger partial charge >= 0.3 is 0 Å². The Labute approximate surface area is 198 Å². The predicted octanol–water partition coefficient (Wildman–Crippen LogP) is 5.23. The lowest BCUT2D eigenvalue weighted by molar-refractivity contribution is 0.228. The van der Waals surface area contributed by atoms with Crippen LogP contribution in [0.2, 0.25) is 0 Å². The monoisotopic (exact) mass is 454 g/mol. The molecule has 8 nitrogen and oxygen atoms in total. The zero-order valence-corrected chi connectivity index (χ0v) is 20.0. The van der Waals surface area contributed by atoms with E-state index in [0.717, 1.165) is 48.6 Å². The lowest BCUT2D eigenvalue weighted by atomic mass is 9.87. The Bertz CT molecular complexity index is 1420. The summed E-state index contributed by atoms with van der Waals surface area (Å²) in [5.41, 5.74) is 9.49. The summed E-state index contributed by atoms with van der Waals surface area (Å²) in [7, 11) is 0. The summed E-state index contributed by atoms with van der Waals surface area (Å²) >= 11 is 0. The van der Waals surface area contributed by atoms with Crippen LogP contribution in [-0.4, -0.2) is 56.1 Å². The largest absolute Gasteiger partial charge is 0.354 e. The van der Waals surface area contributed by atoms with Crippen molar-refractivity contribution in [1.82, 2.24) is 29.9 Å². The number of pyridine rings is 1. The van der Waals surface area contributed by atoms with Crippen molar-refractivity contribution < 1.29 is 0 Å². The van der Waals surface area contributed by atoms with Gasteiger partial charge in [0.15, 0.2) is 5.65 Å². The topological polar surface area (TPSA) is 86.8 Å². The second kappa shape index (κ2) is 8.43. The average Bonchev–Trinajstić information content (AvgIpc) is 3.58. The van der Waals surface area contributed by atoms with Crippen molar-refractivity contribution in [2.24, 2.45) is 10.2 Å². The summed E-state index contributed by atoms with van der Waals surface area (Å²) in [6.07, 6.45) is 6.33. The summed E-state index contributed by atoms with van der Waals surface area (Å²) < 4.78 is 1.77. The van der Waals surface area contributed by atoms with E-state index in [0.29, 0.717) is 11.8 Å². The van der Waals surface area contributed by atoms with E-state index in [2.05, 4.69) is 80.7 Å². The van der Waals surface area contributed by atoms with Crippen LogP contribution in [0.1, 0.15) is 55.2 Å². The Morgan fingerprint density at radius 3 is 2.76 bits per heavy atom. The maximum atomic E-state index is 4.13. The van der Waals surface area contributed by atoms with Crippen LogP contribution in [0.15, 0.2) is 52.5 Å². The molecule has 1 fully saturated rings. The predicted molar refractivity (Wildman–Crippen MR) is 133 cm³/mol. The number of rotatable bonds is 5. The molecule has 6 rings (SSSR count). The van der Waals surface area contributed by atoms with Crippen LogP contribution < -0.4 is 0 Å². The van der Waals surface area contributed by atoms with E-state index in [1.165, 1.54) is 40.4 Å². The number of nitrogens with one attached hydrogen (secondary N) is 1. The number of hydrogen-bond donors (Lipinski definition) is 1. The molecule has 0 amide bonds. The van der Waals surface area contributed by atoms with E-state index < -0.39 is 0 Å². The van der Waals surface area contributed by atoms with Crippen LogP contribution >= 0.6 is 0 Å². The first-order valence-corrected chi connectivity index (χ1v) is 12.2. The maximum Gasteiger partial charge on any atom is 0.182 e. The van der Waals surface area contributed by atoms with E-state index in [1.807, 2.05) is 12.4 Å². The molecular weight excluding hydrogens is 424 g/mol. The number of H-pyrrole nitrogens is 1. The van der Waals surface area contributed by atoms with Gasteiger partial charge in [-0.1, -0.05) is 19.9 Å². The highest BCUT2D eigenvalue weighted by Gasteiger charge is 2.24. The van der Waals surface area contributed by atoms with Gasteiger partial charge in [0.1, 0.15) is 0 Å². The average molecular weight is 455 g/mol. The van der Waals surface area contributed by atoms with E-state index in [1.54, 1.807) is 4.52 Å². The molecule has 4 aromatic rings. The molecule has 0 unspecified atom stereocenters. The fourth-order valence-electron chi connectivity index (χ4n) is 5.55. The molecule has 0 aliphatic carbocycles. The first kappa shape index (κ1) is 21.2. The number of aromatic amines is 1. The van der Waals surface area contributed by atoms with Crippen LogP contribution in [0.5, 0.6) is 0 Å². The lowest BCUT2D eigenvalue weighted by Gasteiger charge is -2.32. The summed E-state index contributed by atoms with van der Waals surface area (Å²) in [6, 6.07) is 9.20. The molecule has 5 heterocycles. The van der Waals surface area contributed by atoms with Crippen LogP contribution in [0.25, 0.3) is 27.8 Å². The van der Waals surface area contributed by atoms with Crippen molar-refractivity contribution in [3.05, 3.63) is 58.9 Å². The minimum Gasteiger partial charge on any atom is -0.354 e. The van der Waals surface area contributed by atoms with E-state index in [9.17, 15) is 0 Å². The van der Waals surface area contributed by atoms with Crippen molar-refractivity contribution in [3.8, 4) is 11.3 Å². The summed E-state index contributed by atoms with van der Waals surface area (Å²) in [6.45, 7) is 10.6. The van der Waals surface area contributed by atoms with Gasteiger partial charge in [0.05, 0.1) is 18.4 Å². The number of piperidine rings is 1. The molecule has 1 N–H and O–H groups in total. The Balaban J connectivity index is 1.30. The molecule has 34 heavy (non-hydrogen) atoms. The van der Waals surface area contributed by atoms with Crippen molar-refractivity contribution >= 4 is 16.6 Å². The van der Waals surface area contributed by atoms with Crippen LogP contribution in [0.4, 0.5) is 0 Å². The Morgan fingerprint density at radius 2 is 2.00 bits per heavy atom. The highest BCUT2D eigenvalue weighted by Crippen LogP contribution is 2.38. The Hall–Kier alpha value is -3.39. The van der Waals surface area contributed by atoms with Gasteiger partial charge in [-0.15, -0.1) is 5.10 Å². The summed E-state index contributed by atoms with van der Waals surface area (Å²) in [4.78, 5) is 6.25. The zero-order chi connectivity index (χ0) is 23.2. The van der Waals surface area contributed by atoms with Gasteiger partial charge < -0.3 is 4.98 Å². The quantitative estimate of drug-likeness (QED) is 0.447. The molecular formula is C26H30N8. The number of likely N-dealkylation sites (tertiary alicyclic amines) is 1. The molecule has 2 aliphatic rings. The number of tetrazole rings is 1. The van der Waals surface area contributed by atoms with Gasteiger partial charge in [0.25, 0.3) is 0 Å². The number of azo groups is 1. The molecule has 1 saturated heterocycles. The molecule has 0 radical (unpaired) electrons. The molecule has 0 spiro atoms. The summed E-state index contributed by atoms with van der Waals surface area (Å²) in [5, 5.41) is 21.5. The SMILES string of the molecule is Cc1cc(-c2[nH]c3ccc(C4CCN(CC5=CN=NC5)CC4)cc3c2C(C)C)cn2nnnc12. The molecule has 0 atom stereocenters. The smallest absolute Gasteiger partial charge is 0.182 e. The molecule has 0 saturated carbocycles. The fraction of sp³-hybridized carbons (Fsp3) is 0.423. The number of aromatic nitrogens is 5. The third-order valence-corrected chi connectivity index (χ3v) is 7.29. The number of nitrogens with zero attached hydrogens (tertiary/aromatic N) is 7. The Morgan fingerprint density at radius 1 is 1.15 bits per heavy atom. The third kappa shape index (κ3) is 3.72. The van der Waals surface area contributed by atoms with Crippen molar-refractivity contribution in [2.45, 2.75) is 45.4 Å². The van der Waals surface area contributed by atoms with Gasteiger partial charge in [0, 0.05) is 29.2 Å². The third-order valence-electron chi connectivity index (χ3n) is 7.29. The molecule has 1 aromatic carbocycles. The fourth-order valence-corrected chi connectivity index (χ4v) is 5.55. The van der Waals surface area contributed by atoms with Crippen LogP contribution in [-0.2, 0) is 0 Å². The molecule has 3 aromatic heterocycles. The van der Waals surface area contributed by atoms with Gasteiger partial charge in [0.2, 0.25) is 0 Å². The first-order chi connectivity index (χ1) is 16.6. The second-order valence-corrected chi connectivity index (χ2v) is 9.99. The lowest BCUT2D eigenvalue weighted by Crippen LogP contribution is -2.34. The van der Waals surface area contributed by atoms with E-state index in [4.69, 9.17) is 0 Å². The van der Waals surface area contributed by atoms with Crippen molar-refractivity contribution in [2.75, 3.05) is 26.2 Å². The normalized spacial score (nSPS) is 17.5. The number of aryl methyl sites for hydroxylation is 1. The molecule has 8 heteroatoms. The highest BCUT2D eigenvalue weighted by atomic mass is 15.5. The highest BCUT2D eigenvalue weighted by molar-refractivity contribution is 5.92. The van der Waals surface area contributed by atoms with E-state index >= 15 is 0 Å². The van der Waals surface area contributed by atoms with Gasteiger partial charge in [-0.25, -0.2) is 0 Å². The summed E-state index contributed by atoms with van der Waals surface area (Å²) in [5.74, 6) is 0.993. The minimum absolute atomic E-state index is 0.390. The molecule has 174 valence electrons. The molecule has 0 bridgehead atoms. The standard InChI is InChI=1S/C26H30N8/c1-16(2)24-22-11-20(19-6-8-33(9-7-19)14-18-12-27-28-13-18)4-5-23(22)29-25(24)21-10-17(3)26-30-31-32-34(26)15-21/h4-5,10-12,15-16,19,29H,6-9,13-14H2,1-3H3. The van der Waals surface area contributed by atoms with Gasteiger partial charge in [-0.3, -0.25) is 4.90 Å². The van der Waals surface area contributed by atoms with E-state index in [-0.39, 0.29) is 0 Å². The van der Waals surface area contributed by atoms with Crippen molar-refractivity contribution in [3.63, 3.8) is 0 Å². The van der Waals surface area contributed by atoms with Gasteiger partial charge in [-0.2, -0.15) is 14.7 Å². The maximum absolute atomic E-state index is 4.13. The Kier molecular flexibility index (Phi) is 5.25. The zero-order valence-electron chi connectivity index (χ0n) is 20.0. The van der Waals surface area contributed by atoms with Gasteiger partial charge in [-0.05, 0) is 95.6 Å². The number of benzene rings is 1. The number of hydrogen-bond acceptors (Lipinski definition) is 6. The van der Waals surface area contributed by atoms with Crippen LogP contribution in [0, 0.1) is 6.92 Å². The first-order valence-electron chi connectivity index (χ1n) is 12.2.